The summed E-state index contributed by atoms with van der Waals surface area (Å²) in [6, 6.07) is 0.0625. The van der Waals surface area contributed by atoms with Crippen LogP contribution in [0, 0.1) is 29.4 Å². The average molecular weight is 250 g/mol. The molecule has 0 bridgehead atoms. The Morgan fingerprint density at radius 3 is 2.78 bits per heavy atom. The van der Waals surface area contributed by atoms with Crippen molar-refractivity contribution in [3.8, 4) is 12.3 Å². The standard InChI is InChI=1S/C12H18N4O2/c1-5-6-7-8-13-12-11(16(17)18)10(4)14-15(12)9(2)3/h1,9,13H,6-8H2,2-4H3. The van der Waals surface area contributed by atoms with E-state index in [1.165, 1.54) is 0 Å². The Balaban J connectivity index is 2.98. The molecule has 0 aliphatic carbocycles. The van der Waals surface area contributed by atoms with Crippen molar-refractivity contribution in [3.05, 3.63) is 15.8 Å². The molecule has 0 aliphatic heterocycles. The summed E-state index contributed by atoms with van der Waals surface area (Å²) >= 11 is 0. The Labute approximate surface area is 107 Å². The van der Waals surface area contributed by atoms with E-state index < -0.39 is 4.92 Å². The molecule has 1 rings (SSSR count). The van der Waals surface area contributed by atoms with Gasteiger partial charge in [0.1, 0.15) is 5.69 Å². The molecule has 1 aromatic heterocycles. The van der Waals surface area contributed by atoms with E-state index in [2.05, 4.69) is 16.3 Å². The molecule has 0 saturated heterocycles. The van der Waals surface area contributed by atoms with E-state index in [0.717, 1.165) is 6.42 Å². The number of hydrogen-bond donors (Lipinski definition) is 1. The lowest BCUT2D eigenvalue weighted by molar-refractivity contribution is -0.384. The van der Waals surface area contributed by atoms with Crippen LogP contribution in [0.15, 0.2) is 0 Å². The van der Waals surface area contributed by atoms with Crippen molar-refractivity contribution in [1.29, 1.82) is 0 Å². The first-order valence-corrected chi connectivity index (χ1v) is 5.89. The molecule has 0 radical (unpaired) electrons. The third kappa shape index (κ3) is 3.00. The molecule has 6 nitrogen and oxygen atoms in total. The number of terminal acetylenes is 1. The highest BCUT2D eigenvalue weighted by Gasteiger charge is 2.25. The van der Waals surface area contributed by atoms with Crippen LogP contribution in [0.1, 0.15) is 38.4 Å². The molecule has 1 heterocycles. The Bertz CT molecular complexity index is 471. The summed E-state index contributed by atoms with van der Waals surface area (Å²) in [4.78, 5) is 10.6. The Hall–Kier alpha value is -2.03. The highest BCUT2D eigenvalue weighted by atomic mass is 16.6. The number of rotatable bonds is 6. The maximum atomic E-state index is 11.0. The second kappa shape index (κ2) is 6.05. The second-order valence-electron chi connectivity index (χ2n) is 4.31. The molecule has 1 N–H and O–H groups in total. The number of aromatic nitrogens is 2. The Morgan fingerprint density at radius 1 is 1.61 bits per heavy atom. The van der Waals surface area contributed by atoms with Gasteiger partial charge in [0, 0.05) is 19.0 Å². The van der Waals surface area contributed by atoms with Crippen LogP contribution in [0.5, 0.6) is 0 Å². The van der Waals surface area contributed by atoms with Crippen molar-refractivity contribution >= 4 is 11.5 Å². The first-order valence-electron chi connectivity index (χ1n) is 5.89. The van der Waals surface area contributed by atoms with Crippen molar-refractivity contribution in [2.75, 3.05) is 11.9 Å². The number of hydrogen-bond acceptors (Lipinski definition) is 4. The van der Waals surface area contributed by atoms with E-state index in [0.29, 0.717) is 24.5 Å². The first kappa shape index (κ1) is 14.0. The van der Waals surface area contributed by atoms with Crippen LogP contribution in [0.4, 0.5) is 11.5 Å². The summed E-state index contributed by atoms with van der Waals surface area (Å²) < 4.78 is 1.64. The van der Waals surface area contributed by atoms with Crippen molar-refractivity contribution in [2.45, 2.75) is 39.7 Å². The third-order valence-electron chi connectivity index (χ3n) is 2.52. The molecule has 1 aromatic rings. The molecular formula is C12H18N4O2. The number of nitrogens with zero attached hydrogens (tertiary/aromatic N) is 3. The Kier molecular flexibility index (Phi) is 4.72. The third-order valence-corrected chi connectivity index (χ3v) is 2.52. The van der Waals surface area contributed by atoms with Crippen LogP contribution in [0.25, 0.3) is 0 Å². The first-order chi connectivity index (χ1) is 8.49. The molecule has 18 heavy (non-hydrogen) atoms. The number of nitrogens with one attached hydrogen (secondary N) is 1. The predicted molar refractivity (Wildman–Crippen MR) is 70.6 cm³/mol. The van der Waals surface area contributed by atoms with Crippen LogP contribution >= 0.6 is 0 Å². The Morgan fingerprint density at radius 2 is 2.28 bits per heavy atom. The van der Waals surface area contributed by atoms with E-state index >= 15 is 0 Å². The van der Waals surface area contributed by atoms with E-state index in [1.54, 1.807) is 11.6 Å². The van der Waals surface area contributed by atoms with Crippen molar-refractivity contribution < 1.29 is 4.92 Å². The van der Waals surface area contributed by atoms with Gasteiger partial charge >= 0.3 is 5.69 Å². The van der Waals surface area contributed by atoms with Crippen LogP contribution in [-0.4, -0.2) is 21.2 Å². The molecule has 0 amide bonds. The number of unbranched alkanes of at least 4 members (excludes halogenated alkanes) is 1. The van der Waals surface area contributed by atoms with Gasteiger partial charge < -0.3 is 5.32 Å². The van der Waals surface area contributed by atoms with Gasteiger partial charge in [0.05, 0.1) is 4.92 Å². The maximum Gasteiger partial charge on any atom is 0.333 e. The summed E-state index contributed by atoms with van der Waals surface area (Å²) in [5, 5.41) is 18.3. The molecule has 0 aromatic carbocycles. The summed E-state index contributed by atoms with van der Waals surface area (Å²) in [5.41, 5.74) is 0.470. The van der Waals surface area contributed by atoms with Gasteiger partial charge in [0.2, 0.25) is 5.82 Å². The van der Waals surface area contributed by atoms with E-state index in [9.17, 15) is 10.1 Å². The molecule has 0 unspecified atom stereocenters. The summed E-state index contributed by atoms with van der Waals surface area (Å²) in [6.07, 6.45) is 6.59. The van der Waals surface area contributed by atoms with Gasteiger partial charge in [-0.25, -0.2) is 4.68 Å². The van der Waals surface area contributed by atoms with Gasteiger partial charge in [-0.15, -0.1) is 12.3 Å². The van der Waals surface area contributed by atoms with Crippen molar-refractivity contribution in [3.63, 3.8) is 0 Å². The van der Waals surface area contributed by atoms with E-state index in [1.807, 2.05) is 13.8 Å². The zero-order valence-electron chi connectivity index (χ0n) is 10.9. The SMILES string of the molecule is C#CCCCNc1c([N+](=O)[O-])c(C)nn1C(C)C. The van der Waals surface area contributed by atoms with Crippen LogP contribution in [0.2, 0.25) is 0 Å². The fourth-order valence-corrected chi connectivity index (χ4v) is 1.69. The van der Waals surface area contributed by atoms with Gasteiger partial charge in [0.15, 0.2) is 0 Å². The fraction of sp³-hybridized carbons (Fsp3) is 0.583. The molecule has 6 heteroatoms. The van der Waals surface area contributed by atoms with Gasteiger partial charge in [-0.05, 0) is 27.2 Å². The van der Waals surface area contributed by atoms with Gasteiger partial charge in [-0.3, -0.25) is 10.1 Å². The normalized spacial score (nSPS) is 10.4. The minimum atomic E-state index is -0.398. The second-order valence-corrected chi connectivity index (χ2v) is 4.31. The topological polar surface area (TPSA) is 73.0 Å². The number of nitro groups is 1. The molecule has 0 saturated carbocycles. The van der Waals surface area contributed by atoms with Gasteiger partial charge in [0.25, 0.3) is 0 Å². The number of aryl methyl sites for hydroxylation is 1. The van der Waals surface area contributed by atoms with Crippen LogP contribution in [0.3, 0.4) is 0 Å². The highest BCUT2D eigenvalue weighted by molar-refractivity contribution is 5.59. The molecule has 0 fully saturated rings. The number of anilines is 1. The van der Waals surface area contributed by atoms with Crippen molar-refractivity contribution in [1.82, 2.24) is 9.78 Å². The van der Waals surface area contributed by atoms with E-state index in [-0.39, 0.29) is 11.7 Å². The molecule has 0 atom stereocenters. The fourth-order valence-electron chi connectivity index (χ4n) is 1.69. The summed E-state index contributed by atoms with van der Waals surface area (Å²) in [7, 11) is 0. The summed E-state index contributed by atoms with van der Waals surface area (Å²) in [5.74, 6) is 3.00. The lowest BCUT2D eigenvalue weighted by Crippen LogP contribution is -2.11. The molecule has 98 valence electrons. The van der Waals surface area contributed by atoms with Gasteiger partial charge in [-0.2, -0.15) is 5.10 Å². The van der Waals surface area contributed by atoms with Crippen molar-refractivity contribution in [2.24, 2.45) is 0 Å². The lowest BCUT2D eigenvalue weighted by atomic mass is 10.3. The molecule has 0 aliphatic rings. The summed E-state index contributed by atoms with van der Waals surface area (Å²) in [6.45, 7) is 6.11. The van der Waals surface area contributed by atoms with E-state index in [4.69, 9.17) is 6.42 Å². The smallest absolute Gasteiger partial charge is 0.333 e. The van der Waals surface area contributed by atoms with Gasteiger partial charge in [-0.1, -0.05) is 0 Å². The molecule has 0 spiro atoms. The maximum absolute atomic E-state index is 11.0. The minimum absolute atomic E-state index is 0.0457. The van der Waals surface area contributed by atoms with Crippen LogP contribution < -0.4 is 5.32 Å². The zero-order chi connectivity index (χ0) is 13.7. The lowest BCUT2D eigenvalue weighted by Gasteiger charge is -2.11. The monoisotopic (exact) mass is 250 g/mol. The highest BCUT2D eigenvalue weighted by Crippen LogP contribution is 2.30. The average Bonchev–Trinajstić information content (AvgIpc) is 2.62. The zero-order valence-corrected chi connectivity index (χ0v) is 10.9. The quantitative estimate of drug-likeness (QED) is 0.364. The van der Waals surface area contributed by atoms with Crippen LogP contribution in [-0.2, 0) is 0 Å². The molecular weight excluding hydrogens is 232 g/mol. The largest absolute Gasteiger partial charge is 0.364 e. The predicted octanol–water partition coefficient (Wildman–Crippen LogP) is 2.51. The minimum Gasteiger partial charge on any atom is -0.364 e.